The fourth-order valence-electron chi connectivity index (χ4n) is 2.33. The Kier molecular flexibility index (Phi) is 3.44. The molecular formula is C11H16N4O3S2. The average molecular weight is 316 g/mol. The number of ether oxygens (including phenoxy) is 1. The number of nitrogens with one attached hydrogen (secondary N) is 2. The predicted molar refractivity (Wildman–Crippen MR) is 76.8 cm³/mol. The van der Waals surface area contributed by atoms with Crippen LogP contribution in [0.3, 0.4) is 0 Å². The van der Waals surface area contributed by atoms with Crippen LogP contribution in [0.1, 0.15) is 13.3 Å². The summed E-state index contributed by atoms with van der Waals surface area (Å²) in [7, 11) is -2.00. The molecule has 7 nitrogen and oxygen atoms in total. The zero-order valence-electron chi connectivity index (χ0n) is 11.2. The fourth-order valence-corrected chi connectivity index (χ4v) is 4.73. The SMILES string of the molecule is CNc1nc2sccn2c1S(=O)(=O)NC1CCOC1C. The van der Waals surface area contributed by atoms with Crippen molar-refractivity contribution in [2.75, 3.05) is 19.0 Å². The van der Waals surface area contributed by atoms with Crippen molar-refractivity contribution in [3.63, 3.8) is 0 Å². The van der Waals surface area contributed by atoms with Crippen molar-refractivity contribution in [2.45, 2.75) is 30.5 Å². The van der Waals surface area contributed by atoms with E-state index >= 15 is 0 Å². The van der Waals surface area contributed by atoms with Gasteiger partial charge in [0.15, 0.2) is 15.8 Å². The molecular weight excluding hydrogens is 300 g/mol. The van der Waals surface area contributed by atoms with Crippen LogP contribution in [0.5, 0.6) is 0 Å². The number of hydrogen-bond donors (Lipinski definition) is 2. The normalized spacial score (nSPS) is 23.5. The van der Waals surface area contributed by atoms with Gasteiger partial charge >= 0.3 is 0 Å². The highest BCUT2D eigenvalue weighted by atomic mass is 32.2. The van der Waals surface area contributed by atoms with E-state index in [9.17, 15) is 8.42 Å². The third kappa shape index (κ3) is 2.20. The second-order valence-corrected chi connectivity index (χ2v) is 7.17. The lowest BCUT2D eigenvalue weighted by atomic mass is 10.2. The van der Waals surface area contributed by atoms with Crippen molar-refractivity contribution >= 4 is 32.1 Å². The standard InChI is InChI=1S/C11H16N4O3S2/c1-7-8(3-5-18-7)14-20(16,17)10-9(12-2)13-11-15(10)4-6-19-11/h4,6-8,12,14H,3,5H2,1-2H3. The van der Waals surface area contributed by atoms with Crippen LogP contribution in [0.2, 0.25) is 0 Å². The molecule has 3 rings (SSSR count). The third-order valence-electron chi connectivity index (χ3n) is 3.39. The van der Waals surface area contributed by atoms with Crippen LogP contribution < -0.4 is 10.0 Å². The Hall–Kier alpha value is -1.16. The summed E-state index contributed by atoms with van der Waals surface area (Å²) in [5, 5.41) is 4.79. The Bertz CT molecular complexity index is 721. The van der Waals surface area contributed by atoms with E-state index in [0.717, 1.165) is 0 Å². The number of thiazole rings is 1. The maximum Gasteiger partial charge on any atom is 0.260 e. The molecule has 0 spiro atoms. The lowest BCUT2D eigenvalue weighted by Crippen LogP contribution is -2.39. The zero-order chi connectivity index (χ0) is 14.3. The first kappa shape index (κ1) is 13.8. The maximum absolute atomic E-state index is 12.6. The Balaban J connectivity index is 2.01. The molecule has 2 atom stereocenters. The summed E-state index contributed by atoms with van der Waals surface area (Å²) in [5.74, 6) is 0.357. The molecule has 0 aromatic carbocycles. The number of nitrogens with zero attached hydrogens (tertiary/aromatic N) is 2. The highest BCUT2D eigenvalue weighted by Crippen LogP contribution is 2.26. The first-order valence-corrected chi connectivity index (χ1v) is 8.66. The molecule has 1 fully saturated rings. The molecule has 20 heavy (non-hydrogen) atoms. The molecule has 0 amide bonds. The third-order valence-corrected chi connectivity index (χ3v) is 5.66. The molecule has 1 saturated heterocycles. The highest BCUT2D eigenvalue weighted by molar-refractivity contribution is 7.89. The lowest BCUT2D eigenvalue weighted by Gasteiger charge is -2.16. The molecule has 9 heteroatoms. The Morgan fingerprint density at radius 1 is 1.55 bits per heavy atom. The van der Waals surface area contributed by atoms with Crippen LogP contribution in [-0.2, 0) is 14.8 Å². The van der Waals surface area contributed by atoms with E-state index in [0.29, 0.717) is 23.8 Å². The second-order valence-electron chi connectivity index (χ2n) is 4.66. The zero-order valence-corrected chi connectivity index (χ0v) is 12.8. The molecule has 0 aliphatic carbocycles. The van der Waals surface area contributed by atoms with Crippen LogP contribution in [-0.4, -0.2) is 43.6 Å². The lowest BCUT2D eigenvalue weighted by molar-refractivity contribution is 0.117. The molecule has 0 radical (unpaired) electrons. The summed E-state index contributed by atoms with van der Waals surface area (Å²) >= 11 is 1.39. The van der Waals surface area contributed by atoms with E-state index in [1.807, 2.05) is 12.3 Å². The van der Waals surface area contributed by atoms with Crippen molar-refractivity contribution < 1.29 is 13.2 Å². The number of rotatable bonds is 4. The van der Waals surface area contributed by atoms with Gasteiger partial charge in [-0.1, -0.05) is 0 Å². The van der Waals surface area contributed by atoms with Gasteiger partial charge in [-0.15, -0.1) is 11.3 Å². The van der Waals surface area contributed by atoms with Gasteiger partial charge in [-0.05, 0) is 13.3 Å². The molecule has 0 bridgehead atoms. The van der Waals surface area contributed by atoms with Crippen LogP contribution in [0, 0.1) is 0 Å². The first-order valence-electron chi connectivity index (χ1n) is 6.30. The predicted octanol–water partition coefficient (Wildman–Crippen LogP) is 0.893. The van der Waals surface area contributed by atoms with E-state index in [-0.39, 0.29) is 17.2 Å². The summed E-state index contributed by atoms with van der Waals surface area (Å²) < 4.78 is 34.9. The van der Waals surface area contributed by atoms with E-state index in [1.165, 1.54) is 11.3 Å². The van der Waals surface area contributed by atoms with E-state index in [2.05, 4.69) is 15.0 Å². The Morgan fingerprint density at radius 2 is 2.35 bits per heavy atom. The summed E-state index contributed by atoms with van der Waals surface area (Å²) in [6.45, 7) is 2.45. The summed E-state index contributed by atoms with van der Waals surface area (Å²) in [4.78, 5) is 4.91. The largest absolute Gasteiger partial charge is 0.377 e. The van der Waals surface area contributed by atoms with Crippen molar-refractivity contribution in [3.8, 4) is 0 Å². The Morgan fingerprint density at radius 3 is 3.00 bits per heavy atom. The summed E-state index contributed by atoms with van der Waals surface area (Å²) in [6, 6.07) is -0.200. The smallest absolute Gasteiger partial charge is 0.260 e. The van der Waals surface area contributed by atoms with Gasteiger partial charge in [-0.25, -0.2) is 18.1 Å². The van der Waals surface area contributed by atoms with Crippen molar-refractivity contribution in [2.24, 2.45) is 0 Å². The average Bonchev–Trinajstić information content (AvgIpc) is 3.04. The molecule has 3 heterocycles. The molecule has 2 unspecified atom stereocenters. The Labute approximate surface area is 121 Å². The first-order chi connectivity index (χ1) is 9.53. The number of imidazole rings is 1. The topological polar surface area (TPSA) is 84.7 Å². The van der Waals surface area contributed by atoms with Gasteiger partial charge in [0.1, 0.15) is 0 Å². The molecule has 2 N–H and O–H groups in total. The summed E-state index contributed by atoms with van der Waals surface area (Å²) in [5.41, 5.74) is 0. The minimum Gasteiger partial charge on any atom is -0.377 e. The number of anilines is 1. The second kappa shape index (κ2) is 4.99. The number of hydrogen-bond acceptors (Lipinski definition) is 6. The molecule has 0 saturated carbocycles. The number of fused-ring (bicyclic) bond motifs is 1. The molecule has 110 valence electrons. The van der Waals surface area contributed by atoms with E-state index < -0.39 is 10.0 Å². The molecule has 2 aromatic heterocycles. The van der Waals surface area contributed by atoms with Crippen molar-refractivity contribution in [1.82, 2.24) is 14.1 Å². The van der Waals surface area contributed by atoms with Crippen molar-refractivity contribution in [3.05, 3.63) is 11.6 Å². The van der Waals surface area contributed by atoms with Gasteiger partial charge in [0.2, 0.25) is 0 Å². The van der Waals surface area contributed by atoms with Crippen molar-refractivity contribution in [1.29, 1.82) is 0 Å². The van der Waals surface area contributed by atoms with Gasteiger partial charge in [-0.3, -0.25) is 4.40 Å². The van der Waals surface area contributed by atoms with Crippen LogP contribution in [0.15, 0.2) is 16.6 Å². The van der Waals surface area contributed by atoms with E-state index in [4.69, 9.17) is 4.74 Å². The minimum absolute atomic E-state index is 0.117. The highest BCUT2D eigenvalue weighted by Gasteiger charge is 2.32. The van der Waals surface area contributed by atoms with Gasteiger partial charge in [-0.2, -0.15) is 0 Å². The number of aromatic nitrogens is 2. The fraction of sp³-hybridized carbons (Fsp3) is 0.545. The molecule has 2 aromatic rings. The summed E-state index contributed by atoms with van der Waals surface area (Å²) in [6.07, 6.45) is 2.27. The van der Waals surface area contributed by atoms with Crippen LogP contribution >= 0.6 is 11.3 Å². The minimum atomic E-state index is -3.66. The van der Waals surface area contributed by atoms with Gasteiger partial charge < -0.3 is 10.1 Å². The van der Waals surface area contributed by atoms with E-state index in [1.54, 1.807) is 17.6 Å². The monoisotopic (exact) mass is 316 g/mol. The van der Waals surface area contributed by atoms with Gasteiger partial charge in [0.05, 0.1) is 12.1 Å². The molecule has 1 aliphatic rings. The van der Waals surface area contributed by atoms with Crippen LogP contribution in [0.25, 0.3) is 4.96 Å². The van der Waals surface area contributed by atoms with Gasteiger partial charge in [0, 0.05) is 25.2 Å². The quantitative estimate of drug-likeness (QED) is 0.875. The maximum atomic E-state index is 12.6. The van der Waals surface area contributed by atoms with Crippen LogP contribution in [0.4, 0.5) is 5.82 Å². The van der Waals surface area contributed by atoms with Gasteiger partial charge in [0.25, 0.3) is 10.0 Å². The molecule has 1 aliphatic heterocycles. The number of sulfonamides is 1.